The molecule has 0 atom stereocenters. The molecule has 23 heavy (non-hydrogen) atoms. The third kappa shape index (κ3) is 5.74. The highest BCUT2D eigenvalue weighted by atomic mass is 16.5. The van der Waals surface area contributed by atoms with Crippen molar-refractivity contribution in [3.8, 4) is 5.75 Å². The number of rotatable bonds is 8. The molecule has 7 nitrogen and oxygen atoms in total. The Morgan fingerprint density at radius 2 is 1.83 bits per heavy atom. The molecular formula is C16H17N3O4. The van der Waals surface area contributed by atoms with Crippen LogP contribution in [0, 0.1) is 0 Å². The van der Waals surface area contributed by atoms with Gasteiger partial charge >= 0.3 is 5.97 Å². The van der Waals surface area contributed by atoms with Crippen LogP contribution in [0.25, 0.3) is 0 Å². The van der Waals surface area contributed by atoms with E-state index in [4.69, 9.17) is 9.84 Å². The lowest BCUT2D eigenvalue weighted by Gasteiger charge is -2.08. The molecule has 0 saturated carbocycles. The molecule has 0 aliphatic carbocycles. The van der Waals surface area contributed by atoms with Gasteiger partial charge in [-0.2, -0.15) is 0 Å². The largest absolute Gasteiger partial charge is 0.494 e. The van der Waals surface area contributed by atoms with Crippen molar-refractivity contribution >= 4 is 11.9 Å². The molecule has 2 N–H and O–H groups in total. The summed E-state index contributed by atoms with van der Waals surface area (Å²) in [7, 11) is 0. The molecule has 1 aromatic heterocycles. The minimum absolute atomic E-state index is 0.0906. The van der Waals surface area contributed by atoms with Gasteiger partial charge in [-0.15, -0.1) is 0 Å². The Bertz CT molecular complexity index is 644. The van der Waals surface area contributed by atoms with Gasteiger partial charge in [-0.25, -0.2) is 9.97 Å². The van der Waals surface area contributed by atoms with E-state index < -0.39 is 5.97 Å². The lowest BCUT2D eigenvalue weighted by atomic mass is 10.2. The Labute approximate surface area is 133 Å². The second kappa shape index (κ2) is 8.47. The number of carboxylic acids is 1. The summed E-state index contributed by atoms with van der Waals surface area (Å²) in [5.74, 6) is -0.398. The third-order valence-corrected chi connectivity index (χ3v) is 3.00. The van der Waals surface area contributed by atoms with Gasteiger partial charge in [0, 0.05) is 25.4 Å². The van der Waals surface area contributed by atoms with Crippen molar-refractivity contribution in [1.29, 1.82) is 0 Å². The van der Waals surface area contributed by atoms with Crippen molar-refractivity contribution < 1.29 is 19.4 Å². The quantitative estimate of drug-likeness (QED) is 0.718. The van der Waals surface area contributed by atoms with Crippen LogP contribution < -0.4 is 10.1 Å². The number of nitrogens with one attached hydrogen (secondary N) is 1. The van der Waals surface area contributed by atoms with Gasteiger partial charge < -0.3 is 15.2 Å². The minimum Gasteiger partial charge on any atom is -0.494 e. The van der Waals surface area contributed by atoms with Gasteiger partial charge in [0.05, 0.1) is 12.2 Å². The van der Waals surface area contributed by atoms with E-state index in [2.05, 4.69) is 15.3 Å². The van der Waals surface area contributed by atoms with Crippen LogP contribution in [0.3, 0.4) is 0 Å². The summed E-state index contributed by atoms with van der Waals surface area (Å²) in [5.41, 5.74) is 1.33. The van der Waals surface area contributed by atoms with E-state index in [1.807, 2.05) is 12.1 Å². The minimum atomic E-state index is -0.830. The first-order valence-corrected chi connectivity index (χ1v) is 7.12. The van der Waals surface area contributed by atoms with E-state index >= 15 is 0 Å². The van der Waals surface area contributed by atoms with Crippen LogP contribution >= 0.6 is 0 Å². The zero-order valence-electron chi connectivity index (χ0n) is 12.4. The van der Waals surface area contributed by atoms with Crippen LogP contribution in [0.1, 0.15) is 28.8 Å². The average Bonchev–Trinajstić information content (AvgIpc) is 2.58. The number of benzene rings is 1. The van der Waals surface area contributed by atoms with Gasteiger partial charge in [0.15, 0.2) is 0 Å². The molecule has 0 saturated heterocycles. The zero-order valence-corrected chi connectivity index (χ0v) is 12.4. The maximum Gasteiger partial charge on any atom is 0.303 e. The molecular weight excluding hydrogens is 298 g/mol. The molecule has 1 heterocycles. The van der Waals surface area contributed by atoms with Crippen molar-refractivity contribution in [2.75, 3.05) is 6.61 Å². The van der Waals surface area contributed by atoms with E-state index in [0.29, 0.717) is 30.9 Å². The Morgan fingerprint density at radius 3 is 2.48 bits per heavy atom. The van der Waals surface area contributed by atoms with Crippen LogP contribution in [0.4, 0.5) is 0 Å². The molecule has 0 spiro atoms. The van der Waals surface area contributed by atoms with Crippen LogP contribution in [0.15, 0.2) is 43.0 Å². The SMILES string of the molecule is O=C(O)CCCOc1ccc(CNC(=O)c2cncnc2)cc1. The van der Waals surface area contributed by atoms with Gasteiger partial charge in [0.1, 0.15) is 12.1 Å². The molecule has 1 aromatic carbocycles. The Kier molecular flexibility index (Phi) is 6.05. The van der Waals surface area contributed by atoms with Crippen LogP contribution in [0.5, 0.6) is 5.75 Å². The predicted octanol–water partition coefficient (Wildman–Crippen LogP) is 1.65. The third-order valence-electron chi connectivity index (χ3n) is 3.00. The number of hydrogen-bond acceptors (Lipinski definition) is 5. The summed E-state index contributed by atoms with van der Waals surface area (Å²) in [5, 5.41) is 11.3. The Balaban J connectivity index is 1.76. The molecule has 1 amide bonds. The zero-order chi connectivity index (χ0) is 16.5. The van der Waals surface area contributed by atoms with Gasteiger partial charge in [-0.05, 0) is 24.1 Å². The van der Waals surface area contributed by atoms with Crippen LogP contribution in [-0.4, -0.2) is 33.6 Å². The standard InChI is InChI=1S/C16H17N3O4/c20-15(21)2-1-7-23-14-5-3-12(4-6-14)8-19-16(22)13-9-17-11-18-10-13/h3-6,9-11H,1-2,7-8H2,(H,19,22)(H,20,21). The molecule has 0 radical (unpaired) electrons. The monoisotopic (exact) mass is 315 g/mol. The molecule has 2 rings (SSSR count). The van der Waals surface area contributed by atoms with Crippen molar-refractivity contribution in [2.45, 2.75) is 19.4 Å². The maximum absolute atomic E-state index is 11.9. The summed E-state index contributed by atoms with van der Waals surface area (Å²) in [6.45, 7) is 0.739. The summed E-state index contributed by atoms with van der Waals surface area (Å²) < 4.78 is 5.44. The van der Waals surface area contributed by atoms with Crippen molar-refractivity contribution in [3.05, 3.63) is 54.1 Å². The molecule has 0 aliphatic rings. The number of ether oxygens (including phenoxy) is 1. The molecule has 7 heteroatoms. The first-order chi connectivity index (χ1) is 11.1. The first kappa shape index (κ1) is 16.4. The Morgan fingerprint density at radius 1 is 1.13 bits per heavy atom. The van der Waals surface area contributed by atoms with Crippen molar-refractivity contribution in [1.82, 2.24) is 15.3 Å². The van der Waals surface area contributed by atoms with Gasteiger partial charge in [-0.3, -0.25) is 9.59 Å². The lowest BCUT2D eigenvalue weighted by Crippen LogP contribution is -2.23. The molecule has 120 valence electrons. The number of aliphatic carboxylic acids is 1. The van der Waals surface area contributed by atoms with E-state index in [1.54, 1.807) is 12.1 Å². The highest BCUT2D eigenvalue weighted by Gasteiger charge is 2.05. The number of carboxylic acid groups (broad SMARTS) is 1. The average molecular weight is 315 g/mol. The summed E-state index contributed by atoms with van der Waals surface area (Å²) in [6, 6.07) is 7.25. The summed E-state index contributed by atoms with van der Waals surface area (Å²) >= 11 is 0. The smallest absolute Gasteiger partial charge is 0.303 e. The number of carbonyl (C=O) groups is 2. The van der Waals surface area contributed by atoms with Gasteiger partial charge in [0.2, 0.25) is 0 Å². The number of carbonyl (C=O) groups excluding carboxylic acids is 1. The van der Waals surface area contributed by atoms with Gasteiger partial charge in [-0.1, -0.05) is 12.1 Å². The number of aromatic nitrogens is 2. The molecule has 0 fully saturated rings. The first-order valence-electron chi connectivity index (χ1n) is 7.12. The molecule has 0 aliphatic heterocycles. The van der Waals surface area contributed by atoms with Crippen LogP contribution in [-0.2, 0) is 11.3 Å². The van der Waals surface area contributed by atoms with Crippen LogP contribution in [0.2, 0.25) is 0 Å². The lowest BCUT2D eigenvalue weighted by molar-refractivity contribution is -0.137. The fraction of sp³-hybridized carbons (Fsp3) is 0.250. The number of hydrogen-bond donors (Lipinski definition) is 2. The molecule has 0 bridgehead atoms. The predicted molar refractivity (Wildman–Crippen MR) is 82.0 cm³/mol. The highest BCUT2D eigenvalue weighted by Crippen LogP contribution is 2.12. The summed E-state index contributed by atoms with van der Waals surface area (Å²) in [4.78, 5) is 29.8. The summed E-state index contributed by atoms with van der Waals surface area (Å²) in [6.07, 6.45) is 4.83. The second-order valence-electron chi connectivity index (χ2n) is 4.80. The van der Waals surface area contributed by atoms with E-state index in [0.717, 1.165) is 5.56 Å². The van der Waals surface area contributed by atoms with Gasteiger partial charge in [0.25, 0.3) is 5.91 Å². The molecule has 2 aromatic rings. The van der Waals surface area contributed by atoms with E-state index in [1.165, 1.54) is 18.7 Å². The fourth-order valence-electron chi connectivity index (χ4n) is 1.82. The maximum atomic E-state index is 11.9. The van der Waals surface area contributed by atoms with Crippen molar-refractivity contribution in [3.63, 3.8) is 0 Å². The van der Waals surface area contributed by atoms with E-state index in [9.17, 15) is 9.59 Å². The second-order valence-corrected chi connectivity index (χ2v) is 4.80. The normalized spacial score (nSPS) is 10.1. The fourth-order valence-corrected chi connectivity index (χ4v) is 1.82. The Hall–Kier alpha value is -2.96. The molecule has 0 unspecified atom stereocenters. The highest BCUT2D eigenvalue weighted by molar-refractivity contribution is 5.93. The van der Waals surface area contributed by atoms with Crippen molar-refractivity contribution in [2.24, 2.45) is 0 Å². The topological polar surface area (TPSA) is 101 Å². The van der Waals surface area contributed by atoms with E-state index in [-0.39, 0.29) is 12.3 Å². The number of amides is 1. The number of nitrogens with zero attached hydrogens (tertiary/aromatic N) is 2.